The molecule has 1 aliphatic carbocycles. The van der Waals surface area contributed by atoms with Crippen LogP contribution in [0.15, 0.2) is 71.3 Å². The number of benzene rings is 2. The molecule has 3 amide bonds. The lowest BCUT2D eigenvalue weighted by Gasteiger charge is -2.22. The van der Waals surface area contributed by atoms with Gasteiger partial charge in [0.05, 0.1) is 19.4 Å². The van der Waals surface area contributed by atoms with Gasteiger partial charge < -0.3 is 25.7 Å². The largest absolute Gasteiger partial charge is 0.467 e. The van der Waals surface area contributed by atoms with Crippen molar-refractivity contribution >= 4 is 29.1 Å². The van der Waals surface area contributed by atoms with Crippen LogP contribution < -0.4 is 21.3 Å². The third-order valence-corrected chi connectivity index (χ3v) is 5.95. The molecule has 0 spiro atoms. The number of nitrogens with one attached hydrogen (secondary N) is 4. The predicted octanol–water partition coefficient (Wildman–Crippen LogP) is 4.32. The molecule has 182 valence electrons. The van der Waals surface area contributed by atoms with E-state index in [-0.39, 0.29) is 30.3 Å². The number of furan rings is 1. The van der Waals surface area contributed by atoms with Gasteiger partial charge in [-0.25, -0.2) is 0 Å². The lowest BCUT2D eigenvalue weighted by atomic mass is 9.95. The number of hydrogen-bond donors (Lipinski definition) is 4. The maximum atomic E-state index is 12.6. The van der Waals surface area contributed by atoms with E-state index < -0.39 is 0 Å². The van der Waals surface area contributed by atoms with Crippen molar-refractivity contribution in [1.29, 1.82) is 0 Å². The van der Waals surface area contributed by atoms with E-state index in [9.17, 15) is 14.4 Å². The number of carbonyl (C=O) groups is 3. The molecule has 0 atom stereocenters. The van der Waals surface area contributed by atoms with Gasteiger partial charge in [-0.15, -0.1) is 0 Å². The van der Waals surface area contributed by atoms with Crippen molar-refractivity contribution in [2.24, 2.45) is 0 Å². The van der Waals surface area contributed by atoms with E-state index in [0.717, 1.165) is 25.7 Å². The maximum absolute atomic E-state index is 12.6. The van der Waals surface area contributed by atoms with Crippen molar-refractivity contribution in [2.45, 2.75) is 44.7 Å². The van der Waals surface area contributed by atoms with E-state index >= 15 is 0 Å². The van der Waals surface area contributed by atoms with Crippen LogP contribution in [0.3, 0.4) is 0 Å². The highest BCUT2D eigenvalue weighted by molar-refractivity contribution is 5.97. The fraction of sp³-hybridized carbons (Fsp3) is 0.296. The molecule has 35 heavy (non-hydrogen) atoms. The standard InChI is InChI=1S/C27H30N4O4/c32-25(30-22-13-11-19(12-14-22)26(33)29-17-24-10-5-15-35-24)18-28-23-9-4-6-20(16-23)27(34)31-21-7-2-1-3-8-21/h4-6,9-16,21,28H,1-3,7-8,17-18H2,(H,29,33)(H,30,32)(H,31,34). The molecule has 1 saturated carbocycles. The Balaban J connectivity index is 1.23. The molecule has 2 aromatic carbocycles. The second kappa shape index (κ2) is 11.9. The molecule has 8 nitrogen and oxygen atoms in total. The highest BCUT2D eigenvalue weighted by Gasteiger charge is 2.17. The van der Waals surface area contributed by atoms with Crippen LogP contribution in [0.2, 0.25) is 0 Å². The van der Waals surface area contributed by atoms with E-state index in [0.29, 0.717) is 34.8 Å². The number of hydrogen-bond acceptors (Lipinski definition) is 5. The van der Waals surface area contributed by atoms with Gasteiger partial charge in [0, 0.05) is 28.5 Å². The first-order chi connectivity index (χ1) is 17.1. The molecule has 1 aromatic heterocycles. The van der Waals surface area contributed by atoms with Gasteiger partial charge in [-0.2, -0.15) is 0 Å². The molecule has 0 unspecified atom stereocenters. The van der Waals surface area contributed by atoms with Crippen LogP contribution in [0.1, 0.15) is 58.6 Å². The third kappa shape index (κ3) is 7.20. The molecule has 1 fully saturated rings. The van der Waals surface area contributed by atoms with Gasteiger partial charge in [-0.1, -0.05) is 25.3 Å². The van der Waals surface area contributed by atoms with Gasteiger partial charge in [0.25, 0.3) is 11.8 Å². The Morgan fingerprint density at radius 1 is 0.829 bits per heavy atom. The quantitative estimate of drug-likeness (QED) is 0.369. The van der Waals surface area contributed by atoms with E-state index in [1.807, 2.05) is 6.07 Å². The van der Waals surface area contributed by atoms with E-state index in [1.54, 1.807) is 60.9 Å². The first kappa shape index (κ1) is 24.1. The van der Waals surface area contributed by atoms with Gasteiger partial charge >= 0.3 is 0 Å². The van der Waals surface area contributed by atoms with Crippen molar-refractivity contribution in [3.05, 3.63) is 83.8 Å². The van der Waals surface area contributed by atoms with Crippen LogP contribution >= 0.6 is 0 Å². The molecule has 4 rings (SSSR count). The highest BCUT2D eigenvalue weighted by atomic mass is 16.3. The van der Waals surface area contributed by atoms with Crippen LogP contribution in [-0.2, 0) is 11.3 Å². The van der Waals surface area contributed by atoms with Gasteiger partial charge in [0.1, 0.15) is 5.76 Å². The fourth-order valence-electron chi connectivity index (χ4n) is 4.06. The zero-order valence-corrected chi connectivity index (χ0v) is 19.5. The predicted molar refractivity (Wildman–Crippen MR) is 134 cm³/mol. The molecule has 0 bridgehead atoms. The summed E-state index contributed by atoms with van der Waals surface area (Å²) in [4.78, 5) is 37.2. The molecule has 0 saturated heterocycles. The van der Waals surface area contributed by atoms with Gasteiger partial charge in [0.15, 0.2) is 0 Å². The molecular formula is C27H30N4O4. The Hall–Kier alpha value is -4.07. The molecular weight excluding hydrogens is 444 g/mol. The molecule has 4 N–H and O–H groups in total. The van der Waals surface area contributed by atoms with Crippen molar-refractivity contribution in [3.8, 4) is 0 Å². The van der Waals surface area contributed by atoms with Crippen molar-refractivity contribution < 1.29 is 18.8 Å². The maximum Gasteiger partial charge on any atom is 0.251 e. The first-order valence-electron chi connectivity index (χ1n) is 11.9. The lowest BCUT2D eigenvalue weighted by Crippen LogP contribution is -2.36. The SMILES string of the molecule is O=C(CNc1cccc(C(=O)NC2CCCCC2)c1)Nc1ccc(C(=O)NCc2ccco2)cc1. The van der Waals surface area contributed by atoms with E-state index in [4.69, 9.17) is 4.42 Å². The molecule has 0 aliphatic heterocycles. The zero-order chi connectivity index (χ0) is 24.5. The summed E-state index contributed by atoms with van der Waals surface area (Å²) in [6.07, 6.45) is 7.16. The lowest BCUT2D eigenvalue weighted by molar-refractivity contribution is -0.114. The van der Waals surface area contributed by atoms with Crippen molar-refractivity contribution in [3.63, 3.8) is 0 Å². The average Bonchev–Trinajstić information content (AvgIpc) is 3.41. The second-order valence-electron chi connectivity index (χ2n) is 8.63. The summed E-state index contributed by atoms with van der Waals surface area (Å²) in [6, 6.07) is 17.6. The topological polar surface area (TPSA) is 112 Å². The minimum Gasteiger partial charge on any atom is -0.467 e. The fourth-order valence-corrected chi connectivity index (χ4v) is 4.06. The number of carbonyl (C=O) groups excluding carboxylic acids is 3. The normalized spacial score (nSPS) is 13.6. The Morgan fingerprint density at radius 2 is 1.63 bits per heavy atom. The van der Waals surface area contributed by atoms with E-state index in [2.05, 4.69) is 21.3 Å². The minimum absolute atomic E-state index is 0.0408. The molecule has 0 radical (unpaired) electrons. The van der Waals surface area contributed by atoms with Crippen molar-refractivity contribution in [1.82, 2.24) is 10.6 Å². The first-order valence-corrected chi connectivity index (χ1v) is 11.9. The monoisotopic (exact) mass is 474 g/mol. The summed E-state index contributed by atoms with van der Waals surface area (Å²) in [5.41, 5.74) is 2.33. The highest BCUT2D eigenvalue weighted by Crippen LogP contribution is 2.18. The second-order valence-corrected chi connectivity index (χ2v) is 8.63. The number of rotatable bonds is 9. The summed E-state index contributed by atoms with van der Waals surface area (Å²) in [5.74, 6) is 0.119. The van der Waals surface area contributed by atoms with Crippen molar-refractivity contribution in [2.75, 3.05) is 17.2 Å². The van der Waals surface area contributed by atoms with Crippen LogP contribution in [0.4, 0.5) is 11.4 Å². The van der Waals surface area contributed by atoms with Gasteiger partial charge in [0.2, 0.25) is 5.91 Å². The Bertz CT molecular complexity index is 1140. The van der Waals surface area contributed by atoms with Crippen LogP contribution in [0.25, 0.3) is 0 Å². The Labute approximate surface area is 204 Å². The smallest absolute Gasteiger partial charge is 0.251 e. The summed E-state index contributed by atoms with van der Waals surface area (Å²) in [6.45, 7) is 0.346. The van der Waals surface area contributed by atoms with Crippen LogP contribution in [0.5, 0.6) is 0 Å². The van der Waals surface area contributed by atoms with Gasteiger partial charge in [-0.05, 0) is 67.4 Å². The Kier molecular flexibility index (Phi) is 8.17. The molecule has 1 aliphatic rings. The number of anilines is 2. The van der Waals surface area contributed by atoms with Crippen LogP contribution in [0, 0.1) is 0 Å². The van der Waals surface area contributed by atoms with Gasteiger partial charge in [-0.3, -0.25) is 14.4 Å². The summed E-state index contributed by atoms with van der Waals surface area (Å²) in [5, 5.41) is 11.7. The molecule has 8 heteroatoms. The molecule has 1 heterocycles. The van der Waals surface area contributed by atoms with E-state index in [1.165, 1.54) is 6.42 Å². The van der Waals surface area contributed by atoms with Crippen LogP contribution in [-0.4, -0.2) is 30.3 Å². The number of amides is 3. The average molecular weight is 475 g/mol. The summed E-state index contributed by atoms with van der Waals surface area (Å²) >= 11 is 0. The molecule has 3 aromatic rings. The third-order valence-electron chi connectivity index (χ3n) is 5.95. The minimum atomic E-state index is -0.239. The zero-order valence-electron chi connectivity index (χ0n) is 19.5. The summed E-state index contributed by atoms with van der Waals surface area (Å²) in [7, 11) is 0. The Morgan fingerprint density at radius 3 is 2.37 bits per heavy atom. The summed E-state index contributed by atoms with van der Waals surface area (Å²) < 4.78 is 5.20.